The number of hydrogen-bond donors (Lipinski definition) is 3. The molecule has 1 amide bonds. The first-order chi connectivity index (χ1) is 13.8. The summed E-state index contributed by atoms with van der Waals surface area (Å²) < 4.78 is 5.62. The molecule has 0 aliphatic rings. The number of hydrazone groups is 1. The van der Waals surface area contributed by atoms with Gasteiger partial charge in [-0.2, -0.15) is 10.2 Å². The summed E-state index contributed by atoms with van der Waals surface area (Å²) in [6.45, 7) is 2.48. The molecule has 7 nitrogen and oxygen atoms in total. The summed E-state index contributed by atoms with van der Waals surface area (Å²) in [6.07, 6.45) is 3.46. The van der Waals surface area contributed by atoms with E-state index in [9.17, 15) is 4.79 Å². The van der Waals surface area contributed by atoms with Gasteiger partial charge < -0.3 is 9.72 Å². The summed E-state index contributed by atoms with van der Waals surface area (Å²) in [5, 5.41) is 12.1. The maximum Gasteiger partial charge on any atom is 0.289 e. The molecule has 0 fully saturated rings. The fourth-order valence-corrected chi connectivity index (χ4v) is 2.96. The SMILES string of the molecule is CCOc1ccccc1-c1cc(C(=O)NN=Cc2c[nH]c3ccccc23)[nH]n1. The minimum atomic E-state index is -0.372. The van der Waals surface area contributed by atoms with Crippen molar-refractivity contribution in [2.24, 2.45) is 5.10 Å². The Kier molecular flexibility index (Phi) is 4.88. The maximum atomic E-state index is 12.4. The lowest BCUT2D eigenvalue weighted by atomic mass is 10.1. The monoisotopic (exact) mass is 373 g/mol. The van der Waals surface area contributed by atoms with Crippen LogP contribution in [0.3, 0.4) is 0 Å². The van der Waals surface area contributed by atoms with Crippen LogP contribution < -0.4 is 10.2 Å². The molecule has 0 spiro atoms. The molecule has 2 aromatic heterocycles. The van der Waals surface area contributed by atoms with E-state index in [0.29, 0.717) is 18.0 Å². The number of aromatic amines is 2. The van der Waals surface area contributed by atoms with Crippen molar-refractivity contribution >= 4 is 23.0 Å². The third kappa shape index (κ3) is 3.50. The first-order valence-electron chi connectivity index (χ1n) is 8.93. The molecule has 0 saturated carbocycles. The molecule has 4 aromatic rings. The summed E-state index contributed by atoms with van der Waals surface area (Å²) in [5.41, 5.74) is 6.20. The number of amides is 1. The van der Waals surface area contributed by atoms with Gasteiger partial charge in [0.1, 0.15) is 11.4 Å². The van der Waals surface area contributed by atoms with Crippen LogP contribution in [0.5, 0.6) is 5.75 Å². The van der Waals surface area contributed by atoms with E-state index in [1.54, 1.807) is 12.3 Å². The summed E-state index contributed by atoms with van der Waals surface area (Å²) in [5.74, 6) is 0.351. The Balaban J connectivity index is 1.48. The number of carbonyl (C=O) groups excluding carboxylic acids is 1. The van der Waals surface area contributed by atoms with Gasteiger partial charge in [0.25, 0.3) is 5.91 Å². The third-order valence-electron chi connectivity index (χ3n) is 4.28. The molecule has 0 aliphatic heterocycles. The first kappa shape index (κ1) is 17.5. The summed E-state index contributed by atoms with van der Waals surface area (Å²) in [4.78, 5) is 15.5. The van der Waals surface area contributed by atoms with Gasteiger partial charge >= 0.3 is 0 Å². The second-order valence-electron chi connectivity index (χ2n) is 6.08. The molecule has 0 unspecified atom stereocenters. The van der Waals surface area contributed by atoms with Crippen LogP contribution in [-0.4, -0.2) is 33.9 Å². The van der Waals surface area contributed by atoms with Gasteiger partial charge in [0.2, 0.25) is 0 Å². The lowest BCUT2D eigenvalue weighted by molar-refractivity contribution is 0.0950. The fourth-order valence-electron chi connectivity index (χ4n) is 2.96. The Bertz CT molecular complexity index is 1140. The van der Waals surface area contributed by atoms with Gasteiger partial charge in [0, 0.05) is 28.2 Å². The predicted octanol–water partition coefficient (Wildman–Crippen LogP) is 3.72. The van der Waals surface area contributed by atoms with E-state index in [0.717, 1.165) is 27.8 Å². The molecule has 0 radical (unpaired) electrons. The van der Waals surface area contributed by atoms with Crippen LogP contribution in [0.1, 0.15) is 23.0 Å². The molecular weight excluding hydrogens is 354 g/mol. The molecule has 2 aromatic carbocycles. The van der Waals surface area contributed by atoms with Gasteiger partial charge in [-0.3, -0.25) is 9.89 Å². The molecule has 3 N–H and O–H groups in total. The predicted molar refractivity (Wildman–Crippen MR) is 109 cm³/mol. The number of para-hydroxylation sites is 2. The van der Waals surface area contributed by atoms with Crippen molar-refractivity contribution in [3.8, 4) is 17.0 Å². The van der Waals surface area contributed by atoms with Crippen LogP contribution in [0.25, 0.3) is 22.2 Å². The summed E-state index contributed by atoms with van der Waals surface area (Å²) in [6, 6.07) is 17.1. The van der Waals surface area contributed by atoms with E-state index >= 15 is 0 Å². The average Bonchev–Trinajstić information content (AvgIpc) is 3.36. The number of rotatable bonds is 6. The molecular formula is C21H19N5O2. The molecule has 140 valence electrons. The van der Waals surface area contributed by atoms with E-state index < -0.39 is 0 Å². The van der Waals surface area contributed by atoms with E-state index in [1.807, 2.05) is 61.7 Å². The molecule has 28 heavy (non-hydrogen) atoms. The number of ether oxygens (including phenoxy) is 1. The third-order valence-corrected chi connectivity index (χ3v) is 4.28. The van der Waals surface area contributed by atoms with Crippen LogP contribution in [0.15, 0.2) is 65.9 Å². The van der Waals surface area contributed by atoms with Crippen molar-refractivity contribution in [3.05, 3.63) is 72.1 Å². The minimum absolute atomic E-state index is 0.317. The highest BCUT2D eigenvalue weighted by Gasteiger charge is 2.13. The van der Waals surface area contributed by atoms with E-state index in [-0.39, 0.29) is 5.91 Å². The van der Waals surface area contributed by atoms with Crippen molar-refractivity contribution in [1.82, 2.24) is 20.6 Å². The van der Waals surface area contributed by atoms with Gasteiger partial charge in [-0.1, -0.05) is 30.3 Å². The molecule has 0 aliphatic carbocycles. The largest absolute Gasteiger partial charge is 0.493 e. The topological polar surface area (TPSA) is 95.2 Å². The Morgan fingerprint density at radius 2 is 2.04 bits per heavy atom. The highest BCUT2D eigenvalue weighted by molar-refractivity contribution is 6.00. The Hall–Kier alpha value is -3.87. The smallest absolute Gasteiger partial charge is 0.289 e. The van der Waals surface area contributed by atoms with Crippen LogP contribution in [0.2, 0.25) is 0 Å². The quantitative estimate of drug-likeness (QED) is 0.355. The number of carbonyl (C=O) groups is 1. The lowest BCUT2D eigenvalue weighted by Crippen LogP contribution is -2.17. The van der Waals surface area contributed by atoms with Gasteiger partial charge in [-0.25, -0.2) is 5.43 Å². The van der Waals surface area contributed by atoms with Crippen LogP contribution in [0.4, 0.5) is 0 Å². The van der Waals surface area contributed by atoms with Crippen LogP contribution in [-0.2, 0) is 0 Å². The van der Waals surface area contributed by atoms with Crippen molar-refractivity contribution in [2.45, 2.75) is 6.92 Å². The van der Waals surface area contributed by atoms with Gasteiger partial charge in [-0.15, -0.1) is 0 Å². The second kappa shape index (κ2) is 7.79. The highest BCUT2D eigenvalue weighted by atomic mass is 16.5. The highest BCUT2D eigenvalue weighted by Crippen LogP contribution is 2.28. The number of benzene rings is 2. The normalized spacial score (nSPS) is 11.2. The lowest BCUT2D eigenvalue weighted by Gasteiger charge is -2.07. The maximum absolute atomic E-state index is 12.4. The number of nitrogens with one attached hydrogen (secondary N) is 3. The van der Waals surface area contributed by atoms with E-state index in [2.05, 4.69) is 25.7 Å². The number of aromatic nitrogens is 3. The second-order valence-corrected chi connectivity index (χ2v) is 6.08. The summed E-state index contributed by atoms with van der Waals surface area (Å²) >= 11 is 0. The van der Waals surface area contributed by atoms with Crippen molar-refractivity contribution < 1.29 is 9.53 Å². The molecule has 7 heteroatoms. The zero-order chi connectivity index (χ0) is 19.3. The number of H-pyrrole nitrogens is 2. The Labute approximate surface area is 161 Å². The molecule has 2 heterocycles. The zero-order valence-corrected chi connectivity index (χ0v) is 15.3. The molecule has 4 rings (SSSR count). The zero-order valence-electron chi connectivity index (χ0n) is 15.3. The van der Waals surface area contributed by atoms with Crippen molar-refractivity contribution in [1.29, 1.82) is 0 Å². The number of fused-ring (bicyclic) bond motifs is 1. The van der Waals surface area contributed by atoms with Crippen molar-refractivity contribution in [3.63, 3.8) is 0 Å². The standard InChI is InChI=1S/C21H19N5O2/c1-2-28-20-10-6-4-8-16(20)18-11-19(25-24-18)21(27)26-23-13-14-12-22-17-9-5-3-7-15(14)17/h3-13,22H,2H2,1H3,(H,24,25)(H,26,27). The average molecular weight is 373 g/mol. The van der Waals surface area contributed by atoms with E-state index in [4.69, 9.17) is 4.74 Å². The molecule has 0 saturated heterocycles. The Morgan fingerprint density at radius 3 is 2.93 bits per heavy atom. The fraction of sp³-hybridized carbons (Fsp3) is 0.0952. The Morgan fingerprint density at radius 1 is 1.21 bits per heavy atom. The number of hydrogen-bond acceptors (Lipinski definition) is 4. The minimum Gasteiger partial charge on any atom is -0.493 e. The summed E-state index contributed by atoms with van der Waals surface area (Å²) in [7, 11) is 0. The van der Waals surface area contributed by atoms with Crippen molar-refractivity contribution in [2.75, 3.05) is 6.61 Å². The molecule has 0 bridgehead atoms. The van der Waals surface area contributed by atoms with Crippen LogP contribution >= 0.6 is 0 Å². The van der Waals surface area contributed by atoms with E-state index in [1.165, 1.54) is 0 Å². The number of nitrogens with zero attached hydrogens (tertiary/aromatic N) is 2. The van der Waals surface area contributed by atoms with Gasteiger partial charge in [-0.05, 0) is 31.2 Å². The first-order valence-corrected chi connectivity index (χ1v) is 8.93. The van der Waals surface area contributed by atoms with Gasteiger partial charge in [0.15, 0.2) is 0 Å². The van der Waals surface area contributed by atoms with Crippen LogP contribution in [0, 0.1) is 0 Å². The molecule has 0 atom stereocenters. The van der Waals surface area contributed by atoms with Gasteiger partial charge in [0.05, 0.1) is 18.5 Å².